The third kappa shape index (κ3) is 7.47. The molecular weight excluding hydrogens is 586 g/mol. The Morgan fingerprint density at radius 3 is 2.68 bits per heavy atom. The first-order valence-corrected chi connectivity index (χ1v) is 16.0. The second-order valence-electron chi connectivity index (χ2n) is 11.8. The molecule has 0 radical (unpaired) electrons. The zero-order valence-electron chi connectivity index (χ0n) is 26.9. The monoisotopic (exact) mass is 627 g/mol. The average molecular weight is 628 g/mol. The van der Waals surface area contributed by atoms with E-state index in [0.29, 0.717) is 37.9 Å². The zero-order valence-corrected chi connectivity index (χ0v) is 26.9. The summed E-state index contributed by atoms with van der Waals surface area (Å²) in [5.41, 5.74) is 16.1. The Kier molecular flexibility index (Phi) is 10.1. The van der Waals surface area contributed by atoms with Crippen LogP contribution in [-0.4, -0.2) is 54.5 Å². The molecule has 3 aromatic carbocycles. The molecule has 2 heterocycles. The Bertz CT molecular complexity index is 1880. The van der Waals surface area contributed by atoms with E-state index in [9.17, 15) is 4.79 Å². The van der Waals surface area contributed by atoms with E-state index >= 15 is 0 Å². The Hall–Kier alpha value is -5.14. The molecule has 1 unspecified atom stereocenters. The number of para-hydroxylation sites is 1. The van der Waals surface area contributed by atoms with Crippen molar-refractivity contribution in [2.24, 2.45) is 10.7 Å². The van der Waals surface area contributed by atoms with Crippen molar-refractivity contribution in [2.75, 3.05) is 20.8 Å². The molecule has 4 aromatic rings. The number of amidine groups is 1. The van der Waals surface area contributed by atoms with Crippen molar-refractivity contribution in [1.82, 2.24) is 15.2 Å². The number of aromatic nitrogens is 1. The molecule has 1 aromatic heterocycles. The fourth-order valence-corrected chi connectivity index (χ4v) is 6.23. The Labute approximate surface area is 276 Å². The molecule has 0 bridgehead atoms. The predicted octanol–water partition coefficient (Wildman–Crippen LogP) is 6.19. The van der Waals surface area contributed by atoms with Crippen LogP contribution in [0.15, 0.2) is 131 Å². The molecule has 2 atom stereocenters. The Morgan fingerprint density at radius 2 is 1.87 bits per heavy atom. The number of nitrogens with two attached hydrogens (primary N) is 1. The molecule has 4 N–H and O–H groups in total. The summed E-state index contributed by atoms with van der Waals surface area (Å²) < 4.78 is 11.5. The fraction of sp³-hybridized carbons (Fsp3) is 0.256. The summed E-state index contributed by atoms with van der Waals surface area (Å²) in [5, 5.41) is 4.48. The number of ether oxygens (including phenoxy) is 2. The molecule has 8 nitrogen and oxygen atoms in total. The van der Waals surface area contributed by atoms with Crippen LogP contribution in [-0.2, 0) is 28.9 Å². The van der Waals surface area contributed by atoms with E-state index < -0.39 is 6.04 Å². The van der Waals surface area contributed by atoms with E-state index in [1.54, 1.807) is 20.4 Å². The number of fused-ring (bicyclic) bond motifs is 1. The summed E-state index contributed by atoms with van der Waals surface area (Å²) >= 11 is 0. The van der Waals surface area contributed by atoms with Gasteiger partial charge in [-0.1, -0.05) is 78.5 Å². The lowest BCUT2D eigenvalue weighted by atomic mass is 9.97. The molecule has 1 amide bonds. The van der Waals surface area contributed by atoms with Crippen molar-refractivity contribution >= 4 is 22.6 Å². The quantitative estimate of drug-likeness (QED) is 0.154. The highest BCUT2D eigenvalue weighted by molar-refractivity contribution is 5.95. The minimum absolute atomic E-state index is 0.0469. The van der Waals surface area contributed by atoms with E-state index in [4.69, 9.17) is 20.2 Å². The van der Waals surface area contributed by atoms with Crippen molar-refractivity contribution in [1.29, 1.82) is 0 Å². The molecule has 0 spiro atoms. The number of rotatable bonds is 13. The number of amides is 1. The van der Waals surface area contributed by atoms with Gasteiger partial charge in [-0.2, -0.15) is 0 Å². The van der Waals surface area contributed by atoms with E-state index in [1.165, 1.54) is 5.56 Å². The normalized spacial score (nSPS) is 16.7. The van der Waals surface area contributed by atoms with Crippen LogP contribution in [0.1, 0.15) is 39.9 Å². The zero-order chi connectivity index (χ0) is 32.6. The van der Waals surface area contributed by atoms with Gasteiger partial charge in [0.15, 0.2) is 0 Å². The lowest BCUT2D eigenvalue weighted by Crippen LogP contribution is -2.46. The van der Waals surface area contributed by atoms with Crippen LogP contribution in [0.5, 0.6) is 0 Å². The van der Waals surface area contributed by atoms with Gasteiger partial charge < -0.3 is 30.4 Å². The highest BCUT2D eigenvalue weighted by atomic mass is 16.5. The first-order chi connectivity index (χ1) is 23.1. The van der Waals surface area contributed by atoms with E-state index in [0.717, 1.165) is 51.3 Å². The van der Waals surface area contributed by atoms with Crippen molar-refractivity contribution in [3.05, 3.63) is 148 Å². The number of aryl methyl sites for hydroxylation is 1. The van der Waals surface area contributed by atoms with Crippen LogP contribution in [0.2, 0.25) is 0 Å². The topological polar surface area (TPSA) is 105 Å². The van der Waals surface area contributed by atoms with Gasteiger partial charge in [0.1, 0.15) is 11.6 Å². The van der Waals surface area contributed by atoms with E-state index in [1.807, 2.05) is 48.7 Å². The molecular formula is C39H41N5O3. The van der Waals surface area contributed by atoms with Crippen molar-refractivity contribution in [3.63, 3.8) is 0 Å². The molecule has 1 aliphatic carbocycles. The number of hydrogen-bond donors (Lipinski definition) is 3. The maximum absolute atomic E-state index is 13.9. The van der Waals surface area contributed by atoms with Gasteiger partial charge in [-0.25, -0.2) is 4.99 Å². The predicted molar refractivity (Wildman–Crippen MR) is 187 cm³/mol. The molecule has 240 valence electrons. The van der Waals surface area contributed by atoms with Crippen molar-refractivity contribution in [2.45, 2.75) is 44.4 Å². The second-order valence-corrected chi connectivity index (χ2v) is 11.8. The van der Waals surface area contributed by atoms with Crippen molar-refractivity contribution < 1.29 is 14.3 Å². The van der Waals surface area contributed by atoms with Gasteiger partial charge in [-0.3, -0.25) is 4.79 Å². The number of carbonyl (C=O) groups is 1. The van der Waals surface area contributed by atoms with Gasteiger partial charge >= 0.3 is 0 Å². The van der Waals surface area contributed by atoms with Crippen LogP contribution in [0.25, 0.3) is 10.9 Å². The average Bonchev–Trinajstić information content (AvgIpc) is 3.54. The number of carbonyl (C=O) groups excluding carboxylic acids is 1. The third-order valence-corrected chi connectivity index (χ3v) is 8.80. The van der Waals surface area contributed by atoms with Gasteiger partial charge in [0.25, 0.3) is 5.91 Å². The van der Waals surface area contributed by atoms with Crippen LogP contribution >= 0.6 is 0 Å². The fourth-order valence-electron chi connectivity index (χ4n) is 6.23. The van der Waals surface area contributed by atoms with E-state index in [-0.39, 0.29) is 12.0 Å². The van der Waals surface area contributed by atoms with Crippen molar-refractivity contribution in [3.8, 4) is 0 Å². The highest BCUT2D eigenvalue weighted by Crippen LogP contribution is 2.28. The molecule has 6 rings (SSSR count). The van der Waals surface area contributed by atoms with Crippen LogP contribution in [0.4, 0.5) is 0 Å². The maximum Gasteiger partial charge on any atom is 0.251 e. The number of hydrogen-bond acceptors (Lipinski definition) is 6. The first kappa shape index (κ1) is 31.8. The summed E-state index contributed by atoms with van der Waals surface area (Å²) in [5.74, 6) is 1.59. The molecule has 0 fully saturated rings. The van der Waals surface area contributed by atoms with Gasteiger partial charge in [-0.15, -0.1) is 0 Å². The van der Waals surface area contributed by atoms with Crippen LogP contribution in [0, 0.1) is 0 Å². The molecule has 1 aliphatic heterocycles. The Morgan fingerprint density at radius 1 is 1.06 bits per heavy atom. The highest BCUT2D eigenvalue weighted by Gasteiger charge is 2.30. The van der Waals surface area contributed by atoms with Crippen LogP contribution in [0.3, 0.4) is 0 Å². The molecule has 47 heavy (non-hydrogen) atoms. The van der Waals surface area contributed by atoms with E-state index in [2.05, 4.69) is 69.5 Å². The number of aliphatic imine (C=N–C) groups is 1. The SMILES string of the molecule is COC1=C(CN2C([C@@H](Cc3c[nH]c4ccccc34)NC(=O)c3cccc(CN)c3)=C=CN=C2CCc2ccccc2)C=CC(OC)C1. The van der Waals surface area contributed by atoms with Crippen LogP contribution < -0.4 is 11.1 Å². The summed E-state index contributed by atoms with van der Waals surface area (Å²) in [4.78, 5) is 24.4. The molecule has 0 saturated carbocycles. The largest absolute Gasteiger partial charge is 0.501 e. The smallest absolute Gasteiger partial charge is 0.251 e. The lowest BCUT2D eigenvalue weighted by molar-refractivity contribution is 0.0938. The minimum Gasteiger partial charge on any atom is -0.501 e. The lowest BCUT2D eigenvalue weighted by Gasteiger charge is -2.35. The summed E-state index contributed by atoms with van der Waals surface area (Å²) in [6.07, 6.45) is 10.6. The minimum atomic E-state index is -0.424. The standard InChI is InChI=1S/C39H41N5O3/c1-46-32-17-16-30(37(23-32)47-2)26-44-36(19-20-41-38(44)18-15-27-9-4-3-5-10-27)35(22-31-25-42-34-14-7-6-13-33(31)34)43-39(45)29-12-8-11-28(21-29)24-40/h3-14,16-17,20-21,25,32,35,42H,15,18,22-24,26,40H2,1-2H3,(H,43,45)/t32?,35-/m1/s1. The second kappa shape index (κ2) is 15.0. The molecule has 0 saturated heterocycles. The van der Waals surface area contributed by atoms with Gasteiger partial charge in [0.2, 0.25) is 0 Å². The van der Waals surface area contributed by atoms with Gasteiger partial charge in [-0.05, 0) is 41.3 Å². The van der Waals surface area contributed by atoms with Gasteiger partial charge in [0, 0.05) is 61.2 Å². The number of benzene rings is 3. The number of nitrogens with zero attached hydrogens (tertiary/aromatic N) is 2. The summed E-state index contributed by atoms with van der Waals surface area (Å²) in [7, 11) is 3.41. The number of nitrogens with one attached hydrogen (secondary N) is 2. The van der Waals surface area contributed by atoms with Gasteiger partial charge in [0.05, 0.1) is 37.7 Å². The third-order valence-electron chi connectivity index (χ3n) is 8.80. The summed E-state index contributed by atoms with van der Waals surface area (Å²) in [6.45, 7) is 0.861. The number of methoxy groups -OCH3 is 2. The molecule has 8 heteroatoms. The molecule has 2 aliphatic rings. The number of H-pyrrole nitrogens is 1. The summed E-state index contributed by atoms with van der Waals surface area (Å²) in [6, 6.07) is 25.7. The Balaban J connectivity index is 1.38. The maximum atomic E-state index is 13.9. The number of aromatic amines is 1. The first-order valence-electron chi connectivity index (χ1n) is 16.0.